The quantitative estimate of drug-likeness (QED) is 0.486. The topological polar surface area (TPSA) is 52.6 Å². The van der Waals surface area contributed by atoms with Crippen LogP contribution in [-0.2, 0) is 15.7 Å². The van der Waals surface area contributed by atoms with Gasteiger partial charge in [-0.25, -0.2) is 0 Å². The van der Waals surface area contributed by atoms with Gasteiger partial charge in [-0.15, -0.1) is 0 Å². The molecule has 0 aliphatic heterocycles. The van der Waals surface area contributed by atoms with Gasteiger partial charge in [0, 0.05) is 0 Å². The van der Waals surface area contributed by atoms with Crippen molar-refractivity contribution in [3.63, 3.8) is 0 Å². The van der Waals surface area contributed by atoms with Crippen LogP contribution in [0.15, 0.2) is 50.6 Å². The molecule has 0 aliphatic carbocycles. The second-order valence-corrected chi connectivity index (χ2v) is 13.0. The van der Waals surface area contributed by atoms with Gasteiger partial charge < -0.3 is 0 Å². The van der Waals surface area contributed by atoms with Crippen molar-refractivity contribution in [2.45, 2.75) is 21.7 Å². The summed E-state index contributed by atoms with van der Waals surface area (Å²) in [6.07, 6.45) is 6.31. The van der Waals surface area contributed by atoms with Gasteiger partial charge in [-0.05, 0) is 0 Å². The first kappa shape index (κ1) is 17.7. The molecular weight excluding hydrogens is 351 g/mol. The summed E-state index contributed by atoms with van der Waals surface area (Å²) >= 11 is -4.25. The summed E-state index contributed by atoms with van der Waals surface area (Å²) in [6, 6.07) is 0. The third-order valence-electron chi connectivity index (χ3n) is 2.55. The van der Waals surface area contributed by atoms with Crippen LogP contribution in [0.3, 0.4) is 0 Å². The monoisotopic (exact) mass is 372 g/mol. The van der Waals surface area contributed by atoms with E-state index in [1.54, 1.807) is 24.3 Å². The van der Waals surface area contributed by atoms with E-state index in [1.165, 1.54) is 13.8 Å². The Bertz CT molecular complexity index is 346. The normalized spacial score (nSPS) is 10.7. The van der Waals surface area contributed by atoms with Gasteiger partial charge in [0.05, 0.1) is 0 Å². The zero-order chi connectivity index (χ0) is 15.1. The summed E-state index contributed by atoms with van der Waals surface area (Å²) < 4.78 is 10.2. The first-order valence-electron chi connectivity index (χ1n) is 5.77. The van der Waals surface area contributed by atoms with Crippen molar-refractivity contribution in [3.05, 3.63) is 50.6 Å². The fraction of sp³-hybridized carbons (Fsp3) is 0.286. The maximum atomic E-state index is 11.4. The Kier molecular flexibility index (Phi) is 7.44. The van der Waals surface area contributed by atoms with Crippen LogP contribution >= 0.6 is 0 Å². The first-order chi connectivity index (χ1) is 8.87. The van der Waals surface area contributed by atoms with E-state index >= 15 is 0 Å². The van der Waals surface area contributed by atoms with E-state index < -0.39 is 31.1 Å². The van der Waals surface area contributed by atoms with E-state index in [0.29, 0.717) is 0 Å². The SMILES string of the molecule is C=C[CH](C=C)[Sn]([O]C(C)=O)([O]C(C)=O)[CH](C=C)C=C. The third-order valence-corrected chi connectivity index (χ3v) is 14.0. The van der Waals surface area contributed by atoms with Crippen LogP contribution in [0.1, 0.15) is 13.8 Å². The Hall–Kier alpha value is -1.30. The summed E-state index contributed by atoms with van der Waals surface area (Å²) in [6.45, 7) is 17.3. The molecule has 0 bridgehead atoms. The van der Waals surface area contributed by atoms with Gasteiger partial charge in [-0.3, -0.25) is 0 Å². The van der Waals surface area contributed by atoms with Crippen molar-refractivity contribution >= 4 is 31.1 Å². The summed E-state index contributed by atoms with van der Waals surface area (Å²) in [5.41, 5.74) is 0. The molecule has 0 spiro atoms. The minimum absolute atomic E-state index is 0.386. The molecule has 0 aromatic heterocycles. The molecule has 0 aromatic rings. The van der Waals surface area contributed by atoms with Crippen molar-refractivity contribution in [1.82, 2.24) is 0 Å². The van der Waals surface area contributed by atoms with Crippen LogP contribution in [0.25, 0.3) is 0 Å². The summed E-state index contributed by atoms with van der Waals surface area (Å²) in [7, 11) is 0. The molecule has 0 atom stereocenters. The van der Waals surface area contributed by atoms with Crippen LogP contribution in [0.4, 0.5) is 0 Å². The molecule has 0 rings (SSSR count). The van der Waals surface area contributed by atoms with E-state index in [2.05, 4.69) is 26.3 Å². The first-order valence-corrected chi connectivity index (χ1v) is 11.4. The number of allylic oxidation sites excluding steroid dienone is 4. The van der Waals surface area contributed by atoms with Gasteiger partial charge in [0.25, 0.3) is 0 Å². The number of hydrogen-bond acceptors (Lipinski definition) is 4. The molecule has 0 unspecified atom stereocenters. The standard InChI is InChI=1S/2C5H7.2C2H4O2.Sn/c2*1-3-5-4-2;2*1-2(3)4;/h2*3-5H,1-2H2;2*1H3,(H,3,4);/q;;;;+2/p-2. The van der Waals surface area contributed by atoms with Gasteiger partial charge in [0.15, 0.2) is 0 Å². The molecule has 5 heteroatoms. The Balaban J connectivity index is 5.93. The van der Waals surface area contributed by atoms with E-state index in [1.807, 2.05) is 0 Å². The second kappa shape index (κ2) is 7.99. The van der Waals surface area contributed by atoms with E-state index in [4.69, 9.17) is 6.15 Å². The van der Waals surface area contributed by atoms with Gasteiger partial charge in [0.2, 0.25) is 0 Å². The Morgan fingerprint density at radius 2 is 1.11 bits per heavy atom. The van der Waals surface area contributed by atoms with Crippen molar-refractivity contribution in [3.8, 4) is 0 Å². The average Bonchev–Trinajstić information content (AvgIpc) is 2.30. The second-order valence-electron chi connectivity index (χ2n) is 3.90. The molecular formula is C14H20O4Sn. The van der Waals surface area contributed by atoms with Crippen molar-refractivity contribution in [2.75, 3.05) is 0 Å². The summed E-state index contributed by atoms with van der Waals surface area (Å²) in [5, 5.41) is 0. The molecule has 104 valence electrons. The van der Waals surface area contributed by atoms with Gasteiger partial charge >= 0.3 is 119 Å². The third kappa shape index (κ3) is 4.38. The van der Waals surface area contributed by atoms with Crippen LogP contribution in [0.5, 0.6) is 0 Å². The van der Waals surface area contributed by atoms with Crippen LogP contribution < -0.4 is 0 Å². The van der Waals surface area contributed by atoms with Crippen molar-refractivity contribution in [1.29, 1.82) is 0 Å². The van der Waals surface area contributed by atoms with Crippen LogP contribution in [-0.4, -0.2) is 31.1 Å². The fourth-order valence-corrected chi connectivity index (χ4v) is 11.1. The Labute approximate surface area is 119 Å². The number of carbonyl (C=O) groups is 2. The molecule has 0 saturated carbocycles. The molecule has 19 heavy (non-hydrogen) atoms. The molecule has 0 saturated heterocycles. The van der Waals surface area contributed by atoms with Gasteiger partial charge in [-0.1, -0.05) is 0 Å². The number of carbonyl (C=O) groups excluding carboxylic acids is 2. The Morgan fingerprint density at radius 3 is 1.26 bits per heavy atom. The molecule has 0 heterocycles. The Morgan fingerprint density at radius 1 is 0.842 bits per heavy atom. The van der Waals surface area contributed by atoms with Crippen LogP contribution in [0, 0.1) is 0 Å². The van der Waals surface area contributed by atoms with Crippen molar-refractivity contribution in [2.24, 2.45) is 0 Å². The average molecular weight is 371 g/mol. The zero-order valence-corrected chi connectivity index (χ0v) is 14.3. The summed E-state index contributed by atoms with van der Waals surface area (Å²) in [4.78, 5) is 22.8. The number of rotatable bonds is 8. The zero-order valence-electron chi connectivity index (χ0n) is 11.4. The van der Waals surface area contributed by atoms with Gasteiger partial charge in [0.1, 0.15) is 0 Å². The predicted octanol–water partition coefficient (Wildman–Crippen LogP) is 3.04. The van der Waals surface area contributed by atoms with Crippen LogP contribution in [0.2, 0.25) is 7.87 Å². The molecule has 0 N–H and O–H groups in total. The summed E-state index contributed by atoms with van der Waals surface area (Å²) in [5.74, 6) is -1.00. The number of hydrogen-bond donors (Lipinski definition) is 0. The molecule has 0 radical (unpaired) electrons. The van der Waals surface area contributed by atoms with Crippen molar-refractivity contribution < 1.29 is 15.7 Å². The van der Waals surface area contributed by atoms with E-state index in [0.717, 1.165) is 0 Å². The molecule has 0 aromatic carbocycles. The molecule has 0 amide bonds. The fourth-order valence-electron chi connectivity index (χ4n) is 1.81. The molecule has 0 aliphatic rings. The van der Waals surface area contributed by atoms with E-state index in [-0.39, 0.29) is 7.87 Å². The van der Waals surface area contributed by atoms with Gasteiger partial charge in [-0.2, -0.15) is 0 Å². The molecule has 0 fully saturated rings. The maximum absolute atomic E-state index is 11.4. The van der Waals surface area contributed by atoms with E-state index in [9.17, 15) is 9.59 Å². The minimum atomic E-state index is -4.25. The molecule has 4 nitrogen and oxygen atoms in total. The predicted molar refractivity (Wildman–Crippen MR) is 77.6 cm³/mol.